The number of methoxy groups -OCH3 is 1. The summed E-state index contributed by atoms with van der Waals surface area (Å²) in [5.41, 5.74) is 1.18. The van der Waals surface area contributed by atoms with Crippen LogP contribution in [0.15, 0.2) is 36.4 Å². The van der Waals surface area contributed by atoms with Gasteiger partial charge < -0.3 is 20.7 Å². The third-order valence-corrected chi connectivity index (χ3v) is 5.38. The van der Waals surface area contributed by atoms with Crippen LogP contribution in [-0.4, -0.2) is 42.9 Å². The second-order valence-corrected chi connectivity index (χ2v) is 8.35. The Morgan fingerprint density at radius 1 is 1.10 bits per heavy atom. The van der Waals surface area contributed by atoms with Crippen LogP contribution in [0.3, 0.4) is 0 Å². The van der Waals surface area contributed by atoms with Gasteiger partial charge in [-0.2, -0.15) is 11.8 Å². The van der Waals surface area contributed by atoms with Crippen molar-refractivity contribution in [3.63, 3.8) is 0 Å². The molecule has 2 aromatic rings. The molecule has 2 aromatic carbocycles. The van der Waals surface area contributed by atoms with Crippen LogP contribution in [0, 0.1) is 0 Å². The number of thioether (sulfide) groups is 1. The lowest BCUT2D eigenvalue weighted by atomic mass is 10.1. The number of amides is 3. The Morgan fingerprint density at radius 3 is 2.45 bits per heavy atom. The van der Waals surface area contributed by atoms with Gasteiger partial charge in [-0.3, -0.25) is 14.4 Å². The summed E-state index contributed by atoms with van der Waals surface area (Å²) in [6.07, 6.45) is 2.34. The first-order chi connectivity index (χ1) is 14.7. The molecule has 0 aromatic heterocycles. The smallest absolute Gasteiger partial charge is 0.253 e. The maximum atomic E-state index is 12.9. The minimum absolute atomic E-state index is 0.201. The number of hydrogen-bond acceptors (Lipinski definition) is 5. The molecule has 0 saturated carbocycles. The molecule has 166 valence electrons. The first kappa shape index (κ1) is 24.8. The lowest BCUT2D eigenvalue weighted by molar-refractivity contribution is -0.118. The lowest BCUT2D eigenvalue weighted by Crippen LogP contribution is -2.44. The van der Waals surface area contributed by atoms with E-state index in [0.29, 0.717) is 34.3 Å². The van der Waals surface area contributed by atoms with Crippen molar-refractivity contribution in [2.24, 2.45) is 0 Å². The summed E-state index contributed by atoms with van der Waals surface area (Å²) < 4.78 is 5.27. The minimum atomic E-state index is -0.785. The number of nitrogens with one attached hydrogen (secondary N) is 3. The van der Waals surface area contributed by atoms with E-state index in [9.17, 15) is 14.4 Å². The molecule has 0 aliphatic rings. The Kier molecular flexibility index (Phi) is 9.48. The van der Waals surface area contributed by atoms with Crippen molar-refractivity contribution in [3.8, 4) is 5.75 Å². The highest BCUT2D eigenvalue weighted by Crippen LogP contribution is 2.28. The maximum absolute atomic E-state index is 12.9. The zero-order chi connectivity index (χ0) is 23.0. The number of carbonyl (C=O) groups excluding carboxylic acids is 3. The number of anilines is 2. The van der Waals surface area contributed by atoms with Gasteiger partial charge in [0.25, 0.3) is 5.91 Å². The van der Waals surface area contributed by atoms with Gasteiger partial charge in [0.1, 0.15) is 11.8 Å². The van der Waals surface area contributed by atoms with Crippen molar-refractivity contribution < 1.29 is 19.1 Å². The highest BCUT2D eigenvalue weighted by atomic mass is 35.5. The normalized spacial score (nSPS) is 11.4. The van der Waals surface area contributed by atoms with Gasteiger partial charge in [-0.25, -0.2) is 0 Å². The predicted octanol–water partition coefficient (Wildman–Crippen LogP) is 4.45. The molecule has 3 amide bonds. The Balaban J connectivity index is 2.17. The van der Waals surface area contributed by atoms with Crippen molar-refractivity contribution in [1.82, 2.24) is 5.32 Å². The van der Waals surface area contributed by atoms with Gasteiger partial charge in [-0.05, 0) is 48.8 Å². The molecule has 0 radical (unpaired) electrons. The van der Waals surface area contributed by atoms with E-state index in [2.05, 4.69) is 16.0 Å². The zero-order valence-corrected chi connectivity index (χ0v) is 19.6. The van der Waals surface area contributed by atoms with Crippen molar-refractivity contribution >= 4 is 64.1 Å². The molecule has 10 heteroatoms. The fraction of sp³-hybridized carbons (Fsp3) is 0.286. The molecule has 0 heterocycles. The monoisotopic (exact) mass is 483 g/mol. The van der Waals surface area contributed by atoms with Gasteiger partial charge in [-0.15, -0.1) is 0 Å². The van der Waals surface area contributed by atoms with E-state index >= 15 is 0 Å². The van der Waals surface area contributed by atoms with Crippen LogP contribution in [0.4, 0.5) is 11.4 Å². The molecule has 0 aliphatic carbocycles. The molecule has 31 heavy (non-hydrogen) atoms. The number of carbonyl (C=O) groups is 3. The molecule has 0 saturated heterocycles. The second kappa shape index (κ2) is 11.8. The van der Waals surface area contributed by atoms with Crippen molar-refractivity contribution in [1.29, 1.82) is 0 Å². The Morgan fingerprint density at radius 2 is 1.84 bits per heavy atom. The molecule has 7 nitrogen and oxygen atoms in total. The van der Waals surface area contributed by atoms with E-state index < -0.39 is 11.9 Å². The largest absolute Gasteiger partial charge is 0.494 e. The van der Waals surface area contributed by atoms with Crippen LogP contribution in [0.1, 0.15) is 23.7 Å². The predicted molar refractivity (Wildman–Crippen MR) is 127 cm³/mol. The van der Waals surface area contributed by atoms with E-state index in [0.717, 1.165) is 0 Å². The van der Waals surface area contributed by atoms with Crippen LogP contribution < -0.4 is 20.7 Å². The average molecular weight is 484 g/mol. The van der Waals surface area contributed by atoms with Crippen molar-refractivity contribution in [2.45, 2.75) is 19.4 Å². The maximum Gasteiger partial charge on any atom is 0.253 e. The van der Waals surface area contributed by atoms with Crippen LogP contribution >= 0.6 is 35.0 Å². The Hall–Kier alpha value is -2.42. The molecule has 0 aliphatic heterocycles. The van der Waals surface area contributed by atoms with Gasteiger partial charge >= 0.3 is 0 Å². The fourth-order valence-corrected chi connectivity index (χ4v) is 3.67. The van der Waals surface area contributed by atoms with E-state index in [1.54, 1.807) is 36.0 Å². The molecular weight excluding hydrogens is 461 g/mol. The SMILES string of the molecule is COc1cc(NC(=O)C(CCSC)NC(=O)c2ccc(Cl)cc2Cl)ccc1NC(C)=O. The summed E-state index contributed by atoms with van der Waals surface area (Å²) in [4.78, 5) is 36.9. The van der Waals surface area contributed by atoms with Gasteiger partial charge in [0.2, 0.25) is 11.8 Å². The standard InChI is InChI=1S/C21H23Cl2N3O4S/c1-12(27)24-17-7-5-14(11-19(17)30-2)25-21(29)18(8-9-31-3)26-20(28)15-6-4-13(22)10-16(15)23/h4-7,10-11,18H,8-9H2,1-3H3,(H,24,27)(H,25,29)(H,26,28). The summed E-state index contributed by atoms with van der Waals surface area (Å²) in [7, 11) is 1.46. The summed E-state index contributed by atoms with van der Waals surface area (Å²) in [6, 6.07) is 8.60. The second-order valence-electron chi connectivity index (χ2n) is 6.52. The van der Waals surface area contributed by atoms with E-state index in [1.165, 1.54) is 26.2 Å². The quantitative estimate of drug-likeness (QED) is 0.489. The first-order valence-electron chi connectivity index (χ1n) is 9.26. The summed E-state index contributed by atoms with van der Waals surface area (Å²) in [5.74, 6) is -0.0397. The van der Waals surface area contributed by atoms with E-state index in [1.807, 2.05) is 6.26 Å². The number of benzene rings is 2. The van der Waals surface area contributed by atoms with Crippen LogP contribution in [0.5, 0.6) is 5.75 Å². The highest BCUT2D eigenvalue weighted by molar-refractivity contribution is 7.98. The third kappa shape index (κ3) is 7.34. The molecule has 0 fully saturated rings. The fourth-order valence-electron chi connectivity index (χ4n) is 2.71. The Labute approximate surface area is 195 Å². The van der Waals surface area contributed by atoms with Gasteiger partial charge in [0, 0.05) is 23.7 Å². The summed E-state index contributed by atoms with van der Waals surface area (Å²) in [6.45, 7) is 1.39. The van der Waals surface area contributed by atoms with Gasteiger partial charge in [0.15, 0.2) is 0 Å². The average Bonchev–Trinajstić information content (AvgIpc) is 2.71. The zero-order valence-electron chi connectivity index (χ0n) is 17.3. The van der Waals surface area contributed by atoms with E-state index in [4.69, 9.17) is 27.9 Å². The van der Waals surface area contributed by atoms with Crippen LogP contribution in [0.25, 0.3) is 0 Å². The van der Waals surface area contributed by atoms with E-state index in [-0.39, 0.29) is 22.4 Å². The molecule has 0 spiro atoms. The molecule has 2 rings (SSSR count). The molecule has 0 bridgehead atoms. The topological polar surface area (TPSA) is 96.5 Å². The molecular formula is C21H23Cl2N3O4S. The minimum Gasteiger partial charge on any atom is -0.494 e. The van der Waals surface area contributed by atoms with Gasteiger partial charge in [0.05, 0.1) is 23.4 Å². The van der Waals surface area contributed by atoms with Crippen molar-refractivity contribution in [3.05, 3.63) is 52.0 Å². The number of ether oxygens (including phenoxy) is 1. The lowest BCUT2D eigenvalue weighted by Gasteiger charge is -2.19. The molecule has 1 atom stereocenters. The third-order valence-electron chi connectivity index (χ3n) is 4.19. The highest BCUT2D eigenvalue weighted by Gasteiger charge is 2.23. The van der Waals surface area contributed by atoms with Crippen LogP contribution in [-0.2, 0) is 9.59 Å². The molecule has 3 N–H and O–H groups in total. The molecule has 1 unspecified atom stereocenters. The summed E-state index contributed by atoms with van der Waals surface area (Å²) in [5, 5.41) is 8.78. The Bertz CT molecular complexity index is 972. The number of rotatable bonds is 9. The van der Waals surface area contributed by atoms with Crippen molar-refractivity contribution in [2.75, 3.05) is 29.8 Å². The first-order valence-corrected chi connectivity index (χ1v) is 11.4. The van der Waals surface area contributed by atoms with Gasteiger partial charge in [-0.1, -0.05) is 23.2 Å². The van der Waals surface area contributed by atoms with Crippen LogP contribution in [0.2, 0.25) is 10.0 Å². The number of hydrogen-bond donors (Lipinski definition) is 3. The summed E-state index contributed by atoms with van der Waals surface area (Å²) >= 11 is 13.6. The number of halogens is 2.